The van der Waals surface area contributed by atoms with Crippen LogP contribution in [0.4, 0.5) is 0 Å². The van der Waals surface area contributed by atoms with Crippen LogP contribution in [0.3, 0.4) is 0 Å². The van der Waals surface area contributed by atoms with Crippen LogP contribution in [0.15, 0.2) is 12.2 Å². The molecule has 0 aliphatic carbocycles. The molecule has 0 aromatic carbocycles. The van der Waals surface area contributed by atoms with Crippen LogP contribution in [0.25, 0.3) is 0 Å². The van der Waals surface area contributed by atoms with Gasteiger partial charge in [-0.25, -0.2) is 4.79 Å². The Bertz CT molecular complexity index is 170. The highest BCUT2D eigenvalue weighted by Gasteiger charge is 2.16. The SMILES string of the molecule is C=C(C)CSC(Cl)C(=O)OCC. The molecule has 0 N–H and O–H groups in total. The Balaban J connectivity index is 3.63. The van der Waals surface area contributed by atoms with E-state index in [0.717, 1.165) is 5.57 Å². The Morgan fingerprint density at radius 1 is 1.75 bits per heavy atom. The number of alkyl halides is 1. The molecule has 1 atom stereocenters. The Labute approximate surface area is 82.3 Å². The van der Waals surface area contributed by atoms with E-state index in [0.29, 0.717) is 12.4 Å². The van der Waals surface area contributed by atoms with Crippen molar-refractivity contribution in [1.29, 1.82) is 0 Å². The predicted octanol–water partition coefficient (Wildman–Crippen LogP) is 2.42. The van der Waals surface area contributed by atoms with Crippen molar-refractivity contribution in [3.8, 4) is 0 Å². The number of carbonyl (C=O) groups excluding carboxylic acids is 1. The molecule has 0 amide bonds. The van der Waals surface area contributed by atoms with Crippen molar-refractivity contribution in [2.75, 3.05) is 12.4 Å². The number of rotatable bonds is 5. The van der Waals surface area contributed by atoms with Crippen molar-refractivity contribution in [1.82, 2.24) is 0 Å². The molecule has 0 aromatic heterocycles. The lowest BCUT2D eigenvalue weighted by molar-refractivity contribution is -0.140. The van der Waals surface area contributed by atoms with Gasteiger partial charge >= 0.3 is 5.97 Å². The maximum Gasteiger partial charge on any atom is 0.334 e. The molecular formula is C8H13ClO2S. The van der Waals surface area contributed by atoms with E-state index >= 15 is 0 Å². The minimum Gasteiger partial charge on any atom is -0.464 e. The number of hydrogen-bond acceptors (Lipinski definition) is 3. The first-order valence-electron chi connectivity index (χ1n) is 3.64. The van der Waals surface area contributed by atoms with E-state index in [4.69, 9.17) is 16.3 Å². The molecule has 4 heteroatoms. The molecule has 12 heavy (non-hydrogen) atoms. The number of hydrogen-bond donors (Lipinski definition) is 0. The minimum atomic E-state index is -0.610. The number of esters is 1. The smallest absolute Gasteiger partial charge is 0.334 e. The highest BCUT2D eigenvalue weighted by atomic mass is 35.5. The molecule has 0 spiro atoms. The average molecular weight is 209 g/mol. The summed E-state index contributed by atoms with van der Waals surface area (Å²) in [6.07, 6.45) is 0. The van der Waals surface area contributed by atoms with Crippen molar-refractivity contribution < 1.29 is 9.53 Å². The monoisotopic (exact) mass is 208 g/mol. The first-order chi connectivity index (χ1) is 5.57. The van der Waals surface area contributed by atoms with Crippen molar-refractivity contribution in [2.45, 2.75) is 18.6 Å². The van der Waals surface area contributed by atoms with Crippen LogP contribution in [-0.2, 0) is 9.53 Å². The molecule has 0 saturated heterocycles. The van der Waals surface area contributed by atoms with Gasteiger partial charge in [-0.1, -0.05) is 23.8 Å². The number of carbonyl (C=O) groups is 1. The summed E-state index contributed by atoms with van der Waals surface area (Å²) in [7, 11) is 0. The molecule has 0 rings (SSSR count). The molecule has 0 aliphatic rings. The zero-order chi connectivity index (χ0) is 9.56. The topological polar surface area (TPSA) is 26.3 Å². The largest absolute Gasteiger partial charge is 0.464 e. The second kappa shape index (κ2) is 6.38. The van der Waals surface area contributed by atoms with Crippen molar-refractivity contribution in [3.05, 3.63) is 12.2 Å². The molecule has 0 aromatic rings. The van der Waals surface area contributed by atoms with Crippen molar-refractivity contribution in [3.63, 3.8) is 0 Å². The lowest BCUT2D eigenvalue weighted by Gasteiger charge is -2.07. The van der Waals surface area contributed by atoms with E-state index in [9.17, 15) is 4.79 Å². The molecule has 0 saturated carbocycles. The molecule has 0 bridgehead atoms. The average Bonchev–Trinajstić information content (AvgIpc) is 2.00. The fraction of sp³-hybridized carbons (Fsp3) is 0.625. The van der Waals surface area contributed by atoms with Crippen LogP contribution in [0.5, 0.6) is 0 Å². The van der Waals surface area contributed by atoms with Gasteiger partial charge in [0.05, 0.1) is 6.61 Å². The zero-order valence-corrected chi connectivity index (χ0v) is 8.87. The number of halogens is 1. The zero-order valence-electron chi connectivity index (χ0n) is 7.30. The third-order valence-electron chi connectivity index (χ3n) is 0.948. The quantitative estimate of drug-likeness (QED) is 0.394. The van der Waals surface area contributed by atoms with E-state index in [1.54, 1.807) is 6.92 Å². The summed E-state index contributed by atoms with van der Waals surface area (Å²) in [5.41, 5.74) is 0.995. The lowest BCUT2D eigenvalue weighted by Crippen LogP contribution is -2.14. The third-order valence-corrected chi connectivity index (χ3v) is 2.65. The van der Waals surface area contributed by atoms with Gasteiger partial charge in [0, 0.05) is 5.75 Å². The Kier molecular flexibility index (Phi) is 6.30. The van der Waals surface area contributed by atoms with Gasteiger partial charge in [0.15, 0.2) is 4.71 Å². The van der Waals surface area contributed by atoms with Gasteiger partial charge in [-0.05, 0) is 13.8 Å². The van der Waals surface area contributed by atoms with E-state index in [1.165, 1.54) is 11.8 Å². The van der Waals surface area contributed by atoms with Crippen LogP contribution in [0.1, 0.15) is 13.8 Å². The lowest BCUT2D eigenvalue weighted by atomic mass is 10.4. The molecule has 0 radical (unpaired) electrons. The summed E-state index contributed by atoms with van der Waals surface area (Å²) >= 11 is 7.03. The fourth-order valence-corrected chi connectivity index (χ4v) is 1.38. The maximum atomic E-state index is 11.0. The standard InChI is InChI=1S/C8H13ClO2S/c1-4-11-8(10)7(9)12-5-6(2)3/h7H,2,4-5H2,1,3H3. The Morgan fingerprint density at radius 3 is 2.75 bits per heavy atom. The van der Waals surface area contributed by atoms with Gasteiger partial charge in [-0.3, -0.25) is 0 Å². The van der Waals surface area contributed by atoms with Gasteiger partial charge in [-0.2, -0.15) is 0 Å². The number of ether oxygens (including phenoxy) is 1. The van der Waals surface area contributed by atoms with E-state index in [1.807, 2.05) is 6.92 Å². The van der Waals surface area contributed by atoms with Crippen LogP contribution < -0.4 is 0 Å². The van der Waals surface area contributed by atoms with E-state index < -0.39 is 4.71 Å². The van der Waals surface area contributed by atoms with Crippen molar-refractivity contribution in [2.24, 2.45) is 0 Å². The fourth-order valence-electron chi connectivity index (χ4n) is 0.491. The maximum absolute atomic E-state index is 11.0. The molecule has 2 nitrogen and oxygen atoms in total. The third kappa shape index (κ3) is 5.49. The second-order valence-electron chi connectivity index (χ2n) is 2.34. The summed E-state index contributed by atoms with van der Waals surface area (Å²) in [4.78, 5) is 11.0. The van der Waals surface area contributed by atoms with Gasteiger partial charge < -0.3 is 4.74 Å². The number of thioether (sulfide) groups is 1. The van der Waals surface area contributed by atoms with Gasteiger partial charge in [0.2, 0.25) is 0 Å². The summed E-state index contributed by atoms with van der Waals surface area (Å²) in [6, 6.07) is 0. The predicted molar refractivity (Wildman–Crippen MR) is 53.5 cm³/mol. The van der Waals surface area contributed by atoms with Crippen molar-refractivity contribution >= 4 is 29.3 Å². The van der Waals surface area contributed by atoms with Gasteiger partial charge in [-0.15, -0.1) is 11.8 Å². The van der Waals surface area contributed by atoms with E-state index in [2.05, 4.69) is 6.58 Å². The molecule has 0 aliphatic heterocycles. The normalized spacial score (nSPS) is 12.2. The summed E-state index contributed by atoms with van der Waals surface area (Å²) in [5, 5.41) is 0. The molecule has 70 valence electrons. The summed E-state index contributed by atoms with van der Waals surface area (Å²) in [6.45, 7) is 7.72. The second-order valence-corrected chi connectivity index (χ2v) is 4.12. The Hall–Kier alpha value is -0.150. The van der Waals surface area contributed by atoms with E-state index in [-0.39, 0.29) is 5.97 Å². The van der Waals surface area contributed by atoms with Crippen LogP contribution in [0, 0.1) is 0 Å². The summed E-state index contributed by atoms with van der Waals surface area (Å²) < 4.78 is 4.10. The first kappa shape index (κ1) is 11.8. The first-order valence-corrected chi connectivity index (χ1v) is 5.13. The Morgan fingerprint density at radius 2 is 2.33 bits per heavy atom. The minimum absolute atomic E-state index is 0.370. The molecule has 0 heterocycles. The van der Waals surface area contributed by atoms with Gasteiger partial charge in [0.25, 0.3) is 0 Å². The van der Waals surface area contributed by atoms with Crippen LogP contribution >= 0.6 is 23.4 Å². The molecule has 1 unspecified atom stereocenters. The molecule has 0 fully saturated rings. The van der Waals surface area contributed by atoms with Gasteiger partial charge in [0.1, 0.15) is 0 Å². The van der Waals surface area contributed by atoms with Crippen LogP contribution in [0.2, 0.25) is 0 Å². The highest BCUT2D eigenvalue weighted by molar-refractivity contribution is 8.01. The highest BCUT2D eigenvalue weighted by Crippen LogP contribution is 2.18. The van der Waals surface area contributed by atoms with Crippen LogP contribution in [-0.4, -0.2) is 23.0 Å². The molecular weight excluding hydrogens is 196 g/mol. The summed E-state index contributed by atoms with van der Waals surface area (Å²) in [5.74, 6) is 0.317.